The molecule has 0 aliphatic carbocycles. The summed E-state index contributed by atoms with van der Waals surface area (Å²) in [4.78, 5) is 34.8. The third-order valence-electron chi connectivity index (χ3n) is 4.98. The van der Waals surface area contributed by atoms with E-state index in [0.29, 0.717) is 30.9 Å². The molecule has 0 bridgehead atoms. The molecule has 0 aliphatic heterocycles. The second kappa shape index (κ2) is 11.6. The normalized spacial score (nSPS) is 12.5. The molecule has 0 radical (unpaired) electrons. The van der Waals surface area contributed by atoms with Crippen LogP contribution in [0.1, 0.15) is 31.4 Å². The summed E-state index contributed by atoms with van der Waals surface area (Å²) in [5, 5.41) is 12.0. The van der Waals surface area contributed by atoms with Gasteiger partial charge in [0.2, 0.25) is 0 Å². The summed E-state index contributed by atoms with van der Waals surface area (Å²) in [5.74, 6) is -0.512. The maximum Gasteiger partial charge on any atom is 0.271 e. The van der Waals surface area contributed by atoms with E-state index in [1.54, 1.807) is 29.0 Å². The Bertz CT molecular complexity index is 1440. The molecule has 34 heavy (non-hydrogen) atoms. The highest BCUT2D eigenvalue weighted by molar-refractivity contribution is 8.01. The van der Waals surface area contributed by atoms with Gasteiger partial charge < -0.3 is 9.30 Å². The van der Waals surface area contributed by atoms with E-state index in [0.717, 1.165) is 5.56 Å². The second-order valence-electron chi connectivity index (χ2n) is 7.83. The molecule has 176 valence electrons. The Morgan fingerprint density at radius 3 is 2.85 bits per heavy atom. The number of aryl methyl sites for hydroxylation is 2. The lowest BCUT2D eigenvalue weighted by atomic mass is 10.2. The first-order valence-corrected chi connectivity index (χ1v) is 12.2. The Labute approximate surface area is 201 Å². The van der Waals surface area contributed by atoms with E-state index in [9.17, 15) is 14.9 Å². The molecule has 3 heterocycles. The van der Waals surface area contributed by atoms with E-state index in [1.165, 1.54) is 28.3 Å². The molecule has 0 saturated carbocycles. The molecule has 1 amide bonds. The molecule has 0 spiro atoms. The smallest absolute Gasteiger partial charge is 0.271 e. The summed E-state index contributed by atoms with van der Waals surface area (Å²) in [6.45, 7) is 6.62. The fraction of sp³-hybridized carbons (Fsp3) is 0.320. The summed E-state index contributed by atoms with van der Waals surface area (Å²) in [6.07, 6.45) is 8.89. The van der Waals surface area contributed by atoms with Gasteiger partial charge in [-0.2, -0.15) is 10.3 Å². The van der Waals surface area contributed by atoms with Crippen molar-refractivity contribution in [3.63, 3.8) is 0 Å². The standard InChI is InChI=1S/C25H27N5O3S/c1-17(2)33-13-8-12-29-23(27-21(31)10-5-6-14-34-4)19(16-26)15-20-24(29)28-22-18(3)9-7-11-30(22)25(20)32/h5-7,9-11,14-15,17H,8,12-13H2,1-4H3/b10-5+,14-6-,27-23?. The largest absolute Gasteiger partial charge is 0.379 e. The molecule has 0 saturated heterocycles. The van der Waals surface area contributed by atoms with Crippen LogP contribution >= 0.6 is 11.8 Å². The number of aromatic nitrogens is 3. The van der Waals surface area contributed by atoms with Crippen LogP contribution in [0.15, 0.2) is 57.8 Å². The maximum atomic E-state index is 13.3. The van der Waals surface area contributed by atoms with Gasteiger partial charge in [-0.25, -0.2) is 4.98 Å². The number of ether oxygens (including phenoxy) is 1. The van der Waals surface area contributed by atoms with Crippen molar-refractivity contribution in [2.75, 3.05) is 12.9 Å². The number of thioether (sulfide) groups is 1. The molecule has 0 fully saturated rings. The number of nitrogens with zero attached hydrogens (tertiary/aromatic N) is 5. The van der Waals surface area contributed by atoms with Gasteiger partial charge in [-0.15, -0.1) is 11.8 Å². The Hall–Kier alpha value is -3.48. The zero-order valence-electron chi connectivity index (χ0n) is 19.7. The van der Waals surface area contributed by atoms with Gasteiger partial charge in [0.25, 0.3) is 11.5 Å². The van der Waals surface area contributed by atoms with Crippen LogP contribution in [0.4, 0.5) is 0 Å². The third kappa shape index (κ3) is 5.71. The molecule has 0 atom stereocenters. The summed E-state index contributed by atoms with van der Waals surface area (Å²) in [5.41, 5.74) is 1.74. The molecule has 9 heteroatoms. The molecule has 8 nitrogen and oxygen atoms in total. The Kier molecular flexibility index (Phi) is 8.57. The van der Waals surface area contributed by atoms with Crippen LogP contribution in [-0.4, -0.2) is 38.8 Å². The lowest BCUT2D eigenvalue weighted by Crippen LogP contribution is -2.30. The number of carbonyl (C=O) groups is 1. The SMILES string of the molecule is CS/C=C\C=C\C(=O)N=c1c(C#N)cc2c(=O)n3cccc(C)c3nc2n1CCCOC(C)C. The predicted octanol–water partition coefficient (Wildman–Crippen LogP) is 3.50. The first kappa shape index (κ1) is 25.1. The van der Waals surface area contributed by atoms with Crippen LogP contribution < -0.4 is 11.0 Å². The van der Waals surface area contributed by atoms with Gasteiger partial charge in [0.15, 0.2) is 5.49 Å². The molecular formula is C25H27N5O3S. The molecule has 0 aliphatic rings. The van der Waals surface area contributed by atoms with Crippen LogP contribution in [0.5, 0.6) is 0 Å². The van der Waals surface area contributed by atoms with Crippen molar-refractivity contribution < 1.29 is 9.53 Å². The summed E-state index contributed by atoms with van der Waals surface area (Å²) in [6, 6.07) is 7.20. The quantitative estimate of drug-likeness (QED) is 0.213. The summed E-state index contributed by atoms with van der Waals surface area (Å²) < 4.78 is 8.80. The first-order valence-electron chi connectivity index (χ1n) is 10.9. The fourth-order valence-electron chi connectivity index (χ4n) is 3.45. The number of carbonyl (C=O) groups excluding carboxylic acids is 1. The highest BCUT2D eigenvalue weighted by Crippen LogP contribution is 2.13. The lowest BCUT2D eigenvalue weighted by Gasteiger charge is -2.14. The van der Waals surface area contributed by atoms with Crippen molar-refractivity contribution in [3.8, 4) is 6.07 Å². The Morgan fingerprint density at radius 2 is 2.15 bits per heavy atom. The minimum atomic E-state index is -0.512. The minimum absolute atomic E-state index is 0.0757. The van der Waals surface area contributed by atoms with Gasteiger partial charge in [-0.1, -0.05) is 18.2 Å². The van der Waals surface area contributed by atoms with Crippen molar-refractivity contribution in [3.05, 3.63) is 75.0 Å². The van der Waals surface area contributed by atoms with E-state index in [2.05, 4.69) is 11.1 Å². The van der Waals surface area contributed by atoms with Crippen LogP contribution in [0, 0.1) is 18.3 Å². The van der Waals surface area contributed by atoms with Crippen LogP contribution in [0.25, 0.3) is 16.7 Å². The Balaban J connectivity index is 2.28. The minimum Gasteiger partial charge on any atom is -0.379 e. The average molecular weight is 478 g/mol. The van der Waals surface area contributed by atoms with Crippen molar-refractivity contribution in [1.29, 1.82) is 5.26 Å². The predicted molar refractivity (Wildman–Crippen MR) is 134 cm³/mol. The van der Waals surface area contributed by atoms with Gasteiger partial charge in [0, 0.05) is 25.4 Å². The summed E-state index contributed by atoms with van der Waals surface area (Å²) in [7, 11) is 0. The van der Waals surface area contributed by atoms with Gasteiger partial charge in [-0.3, -0.25) is 14.0 Å². The van der Waals surface area contributed by atoms with Crippen molar-refractivity contribution in [1.82, 2.24) is 14.0 Å². The topological polar surface area (TPSA) is 102 Å². The summed E-state index contributed by atoms with van der Waals surface area (Å²) >= 11 is 1.51. The number of nitriles is 1. The van der Waals surface area contributed by atoms with Crippen LogP contribution in [0.3, 0.4) is 0 Å². The van der Waals surface area contributed by atoms with E-state index in [-0.39, 0.29) is 28.1 Å². The molecule has 3 rings (SSSR count). The zero-order valence-corrected chi connectivity index (χ0v) is 20.5. The van der Waals surface area contributed by atoms with Gasteiger partial charge in [-0.05, 0) is 56.6 Å². The van der Waals surface area contributed by atoms with E-state index < -0.39 is 5.91 Å². The number of amides is 1. The molecule has 3 aromatic heterocycles. The highest BCUT2D eigenvalue weighted by Gasteiger charge is 2.15. The lowest BCUT2D eigenvalue weighted by molar-refractivity contribution is -0.113. The third-order valence-corrected chi connectivity index (χ3v) is 5.41. The van der Waals surface area contributed by atoms with Gasteiger partial charge >= 0.3 is 0 Å². The fourth-order valence-corrected chi connectivity index (χ4v) is 3.69. The van der Waals surface area contributed by atoms with E-state index in [4.69, 9.17) is 9.72 Å². The second-order valence-corrected chi connectivity index (χ2v) is 8.57. The molecule has 0 N–H and O–H groups in total. The van der Waals surface area contributed by atoms with Crippen LogP contribution in [0.2, 0.25) is 0 Å². The van der Waals surface area contributed by atoms with Crippen molar-refractivity contribution in [2.45, 2.75) is 39.8 Å². The van der Waals surface area contributed by atoms with Crippen molar-refractivity contribution >= 4 is 34.3 Å². The van der Waals surface area contributed by atoms with Gasteiger partial charge in [0.1, 0.15) is 17.4 Å². The number of pyridine rings is 2. The van der Waals surface area contributed by atoms with Gasteiger partial charge in [0.05, 0.1) is 17.1 Å². The average Bonchev–Trinajstić information content (AvgIpc) is 2.81. The van der Waals surface area contributed by atoms with Crippen molar-refractivity contribution in [2.24, 2.45) is 4.99 Å². The number of fused-ring (bicyclic) bond motifs is 2. The van der Waals surface area contributed by atoms with Crippen LogP contribution in [-0.2, 0) is 16.1 Å². The number of allylic oxidation sites excluding steroid dienone is 2. The molecule has 3 aromatic rings. The maximum absolute atomic E-state index is 13.3. The van der Waals surface area contributed by atoms with E-state index in [1.807, 2.05) is 38.5 Å². The number of rotatable bonds is 8. The first-order chi connectivity index (χ1) is 16.4. The van der Waals surface area contributed by atoms with E-state index >= 15 is 0 Å². The monoisotopic (exact) mass is 477 g/mol. The zero-order chi connectivity index (χ0) is 24.7. The molecular weight excluding hydrogens is 450 g/mol. The Morgan fingerprint density at radius 1 is 1.35 bits per heavy atom. The molecule has 0 aromatic carbocycles. The number of hydrogen-bond acceptors (Lipinski definition) is 6. The highest BCUT2D eigenvalue weighted by atomic mass is 32.2. The number of hydrogen-bond donors (Lipinski definition) is 0. The molecule has 0 unspecified atom stereocenters.